The van der Waals surface area contributed by atoms with E-state index in [4.69, 9.17) is 10.5 Å². The molecule has 0 aromatic carbocycles. The van der Waals surface area contributed by atoms with Crippen molar-refractivity contribution in [2.24, 2.45) is 11.1 Å². The molecule has 1 amide bonds. The number of rotatable bonds is 4. The zero-order valence-corrected chi connectivity index (χ0v) is 14.0. The topological polar surface area (TPSA) is 67.6 Å². The highest BCUT2D eigenvalue weighted by Crippen LogP contribution is 2.32. The Morgan fingerprint density at radius 2 is 1.90 bits per heavy atom. The average molecular weight is 340 g/mol. The Morgan fingerprint density at radius 3 is 2.48 bits per heavy atom. The van der Waals surface area contributed by atoms with Crippen LogP contribution >= 0.6 is 24.8 Å². The molecule has 0 aromatic heterocycles. The molecule has 0 aromatic rings. The fourth-order valence-corrected chi connectivity index (χ4v) is 3.30. The Bertz CT molecular complexity index is 347. The van der Waals surface area contributed by atoms with Crippen molar-refractivity contribution in [2.45, 2.75) is 44.2 Å². The van der Waals surface area contributed by atoms with Gasteiger partial charge < -0.3 is 15.8 Å². The van der Waals surface area contributed by atoms with E-state index in [-0.39, 0.29) is 36.1 Å². The normalized spacial score (nSPS) is 28.3. The second-order valence-corrected chi connectivity index (χ2v) is 6.28. The first kappa shape index (κ1) is 19.0. The van der Waals surface area contributed by atoms with Gasteiger partial charge in [-0.3, -0.25) is 9.69 Å². The SMILES string of the molecule is Cl.Cl.NCC1(C(=O)NC2CCN(C3CC3)C2)CCOCC1. The van der Waals surface area contributed by atoms with Crippen molar-refractivity contribution >= 4 is 30.7 Å². The molecule has 1 unspecified atom stereocenters. The van der Waals surface area contributed by atoms with E-state index in [2.05, 4.69) is 10.2 Å². The fraction of sp³-hybridized carbons (Fsp3) is 0.929. The summed E-state index contributed by atoms with van der Waals surface area (Å²) in [6.45, 7) is 3.90. The predicted octanol–water partition coefficient (Wildman–Crippen LogP) is 0.938. The number of amides is 1. The van der Waals surface area contributed by atoms with Crippen LogP contribution in [0.1, 0.15) is 32.1 Å². The van der Waals surface area contributed by atoms with Crippen molar-refractivity contribution in [3.63, 3.8) is 0 Å². The number of ether oxygens (including phenoxy) is 1. The van der Waals surface area contributed by atoms with E-state index >= 15 is 0 Å². The number of nitrogens with one attached hydrogen (secondary N) is 1. The lowest BCUT2D eigenvalue weighted by atomic mass is 9.79. The van der Waals surface area contributed by atoms with E-state index in [0.29, 0.717) is 25.8 Å². The van der Waals surface area contributed by atoms with E-state index in [1.807, 2.05) is 0 Å². The van der Waals surface area contributed by atoms with E-state index < -0.39 is 0 Å². The van der Waals surface area contributed by atoms with Crippen LogP contribution in [0.15, 0.2) is 0 Å². The maximum atomic E-state index is 12.5. The number of nitrogens with zero attached hydrogens (tertiary/aromatic N) is 1. The van der Waals surface area contributed by atoms with Gasteiger partial charge in [-0.15, -0.1) is 24.8 Å². The standard InChI is InChI=1S/C14H25N3O2.2ClH/c15-10-14(4-7-19-8-5-14)13(18)16-11-3-6-17(9-11)12-1-2-12;;/h11-12H,1-10,15H2,(H,16,18);2*1H. The molecule has 5 nitrogen and oxygen atoms in total. The first-order chi connectivity index (χ1) is 9.23. The third kappa shape index (κ3) is 4.23. The first-order valence-electron chi connectivity index (χ1n) is 7.56. The van der Waals surface area contributed by atoms with Gasteiger partial charge in [-0.2, -0.15) is 0 Å². The molecule has 21 heavy (non-hydrogen) atoms. The molecule has 1 aliphatic carbocycles. The Morgan fingerprint density at radius 1 is 1.24 bits per heavy atom. The van der Waals surface area contributed by atoms with Gasteiger partial charge in [-0.05, 0) is 32.1 Å². The summed E-state index contributed by atoms with van der Waals surface area (Å²) >= 11 is 0. The van der Waals surface area contributed by atoms with E-state index in [1.165, 1.54) is 12.8 Å². The summed E-state index contributed by atoms with van der Waals surface area (Å²) in [7, 11) is 0. The molecule has 3 N–H and O–H groups in total. The van der Waals surface area contributed by atoms with Crippen molar-refractivity contribution in [1.82, 2.24) is 10.2 Å². The van der Waals surface area contributed by atoms with Crippen LogP contribution in [-0.4, -0.2) is 55.7 Å². The van der Waals surface area contributed by atoms with Gasteiger partial charge >= 0.3 is 0 Å². The number of carbonyl (C=O) groups is 1. The lowest BCUT2D eigenvalue weighted by Crippen LogP contribution is -2.52. The molecule has 3 rings (SSSR count). The highest BCUT2D eigenvalue weighted by molar-refractivity contribution is 5.85. The van der Waals surface area contributed by atoms with Gasteiger partial charge in [0.15, 0.2) is 0 Å². The predicted molar refractivity (Wildman–Crippen MR) is 87.2 cm³/mol. The van der Waals surface area contributed by atoms with Gasteiger partial charge in [0.2, 0.25) is 5.91 Å². The van der Waals surface area contributed by atoms with Gasteiger partial charge in [-0.25, -0.2) is 0 Å². The van der Waals surface area contributed by atoms with Gasteiger partial charge in [-0.1, -0.05) is 0 Å². The number of carbonyl (C=O) groups excluding carboxylic acids is 1. The van der Waals surface area contributed by atoms with E-state index in [1.54, 1.807) is 0 Å². The molecule has 0 spiro atoms. The van der Waals surface area contributed by atoms with Crippen LogP contribution in [0.5, 0.6) is 0 Å². The van der Waals surface area contributed by atoms with Crippen LogP contribution in [0.2, 0.25) is 0 Å². The zero-order valence-electron chi connectivity index (χ0n) is 12.4. The van der Waals surface area contributed by atoms with E-state index in [9.17, 15) is 4.79 Å². The summed E-state index contributed by atoms with van der Waals surface area (Å²) < 4.78 is 5.36. The smallest absolute Gasteiger partial charge is 0.227 e. The van der Waals surface area contributed by atoms with Crippen LogP contribution in [0.4, 0.5) is 0 Å². The minimum atomic E-state index is -0.384. The Hall–Kier alpha value is -0.0700. The molecule has 0 radical (unpaired) electrons. The first-order valence-corrected chi connectivity index (χ1v) is 7.56. The van der Waals surface area contributed by atoms with Crippen LogP contribution in [-0.2, 0) is 9.53 Å². The quantitative estimate of drug-likeness (QED) is 0.799. The van der Waals surface area contributed by atoms with Gasteiger partial charge in [0.1, 0.15) is 0 Å². The van der Waals surface area contributed by atoms with Crippen molar-refractivity contribution in [3.8, 4) is 0 Å². The van der Waals surface area contributed by atoms with Crippen LogP contribution in [0, 0.1) is 5.41 Å². The molecular weight excluding hydrogens is 313 g/mol. The van der Waals surface area contributed by atoms with Crippen molar-refractivity contribution in [1.29, 1.82) is 0 Å². The molecule has 0 bridgehead atoms. The lowest BCUT2D eigenvalue weighted by molar-refractivity contribution is -0.136. The summed E-state index contributed by atoms with van der Waals surface area (Å²) in [5, 5.41) is 3.24. The molecule has 3 fully saturated rings. The van der Waals surface area contributed by atoms with Crippen molar-refractivity contribution < 1.29 is 9.53 Å². The second kappa shape index (κ2) is 7.97. The molecule has 3 aliphatic rings. The maximum Gasteiger partial charge on any atom is 0.227 e. The molecule has 2 aliphatic heterocycles. The number of halogens is 2. The zero-order chi connectivity index (χ0) is 13.3. The summed E-state index contributed by atoms with van der Waals surface area (Å²) in [5.41, 5.74) is 5.49. The molecule has 1 saturated carbocycles. The summed E-state index contributed by atoms with van der Waals surface area (Å²) in [5.74, 6) is 0.154. The minimum Gasteiger partial charge on any atom is -0.381 e. The van der Waals surface area contributed by atoms with E-state index in [0.717, 1.165) is 38.4 Å². The maximum absolute atomic E-state index is 12.5. The highest BCUT2D eigenvalue weighted by Gasteiger charge is 2.41. The molecule has 2 saturated heterocycles. The Kier molecular flexibility index (Phi) is 7.20. The third-order valence-corrected chi connectivity index (χ3v) is 4.94. The molecule has 2 heterocycles. The fourth-order valence-electron chi connectivity index (χ4n) is 3.30. The number of nitrogens with two attached hydrogens (primary N) is 1. The monoisotopic (exact) mass is 339 g/mol. The lowest BCUT2D eigenvalue weighted by Gasteiger charge is -2.35. The third-order valence-electron chi connectivity index (χ3n) is 4.94. The molecular formula is C14H27Cl2N3O2. The molecule has 124 valence electrons. The Balaban J connectivity index is 0.00000110. The van der Waals surface area contributed by atoms with Gasteiger partial charge in [0.05, 0.1) is 5.41 Å². The summed E-state index contributed by atoms with van der Waals surface area (Å²) in [6, 6.07) is 1.12. The van der Waals surface area contributed by atoms with Gasteiger partial charge in [0, 0.05) is 44.9 Å². The van der Waals surface area contributed by atoms with Crippen molar-refractivity contribution in [2.75, 3.05) is 32.8 Å². The Labute approximate surface area is 139 Å². The largest absolute Gasteiger partial charge is 0.381 e. The van der Waals surface area contributed by atoms with Crippen LogP contribution in [0.25, 0.3) is 0 Å². The summed E-state index contributed by atoms with van der Waals surface area (Å²) in [4.78, 5) is 15.1. The summed E-state index contributed by atoms with van der Waals surface area (Å²) in [6.07, 6.45) is 5.28. The van der Waals surface area contributed by atoms with Crippen LogP contribution < -0.4 is 11.1 Å². The molecule has 1 atom stereocenters. The van der Waals surface area contributed by atoms with Crippen molar-refractivity contribution in [3.05, 3.63) is 0 Å². The van der Waals surface area contributed by atoms with Crippen LogP contribution in [0.3, 0.4) is 0 Å². The average Bonchev–Trinajstić information content (AvgIpc) is 3.20. The number of hydrogen-bond donors (Lipinski definition) is 2. The number of likely N-dealkylation sites (tertiary alicyclic amines) is 1. The second-order valence-electron chi connectivity index (χ2n) is 6.28. The molecule has 7 heteroatoms. The minimum absolute atomic E-state index is 0. The van der Waals surface area contributed by atoms with Gasteiger partial charge in [0.25, 0.3) is 0 Å². The number of hydrogen-bond acceptors (Lipinski definition) is 4. The highest BCUT2D eigenvalue weighted by atomic mass is 35.5.